The van der Waals surface area contributed by atoms with Gasteiger partial charge in [0.1, 0.15) is 0 Å². The van der Waals surface area contributed by atoms with Gasteiger partial charge in [0, 0.05) is 18.4 Å². The molecule has 0 saturated carbocycles. The van der Waals surface area contributed by atoms with E-state index in [2.05, 4.69) is 20.8 Å². The van der Waals surface area contributed by atoms with Gasteiger partial charge < -0.3 is 5.32 Å². The Morgan fingerprint density at radius 3 is 2.62 bits per heavy atom. The first-order valence-electron chi connectivity index (χ1n) is 7.28. The number of rotatable bonds is 3. The van der Waals surface area contributed by atoms with E-state index < -0.39 is 0 Å². The van der Waals surface area contributed by atoms with Crippen molar-refractivity contribution in [1.82, 2.24) is 5.43 Å². The second-order valence-electron chi connectivity index (χ2n) is 5.09. The fraction of sp³-hybridized carbons (Fsp3) is 0.118. The van der Waals surface area contributed by atoms with E-state index in [1.54, 1.807) is 17.8 Å². The summed E-state index contributed by atoms with van der Waals surface area (Å²) in [7, 11) is 0. The van der Waals surface area contributed by atoms with E-state index in [-0.39, 0.29) is 5.91 Å². The fourth-order valence-corrected chi connectivity index (χ4v) is 3.08. The number of hydrogen-bond acceptors (Lipinski definition) is 4. The van der Waals surface area contributed by atoms with E-state index in [1.165, 1.54) is 6.92 Å². The van der Waals surface area contributed by atoms with Crippen LogP contribution in [0.3, 0.4) is 0 Å². The Morgan fingerprint density at radius 1 is 1.25 bits per heavy atom. The van der Waals surface area contributed by atoms with Gasteiger partial charge in [0.2, 0.25) is 5.91 Å². The highest BCUT2D eigenvalue weighted by Crippen LogP contribution is 2.26. The molecule has 1 aliphatic heterocycles. The monoisotopic (exact) mass is 358 g/mol. The van der Waals surface area contributed by atoms with Gasteiger partial charge in [-0.15, -0.1) is 0 Å². The number of hydrogen-bond donors (Lipinski definition) is 2. The molecule has 1 heterocycles. The van der Waals surface area contributed by atoms with Crippen molar-refractivity contribution in [1.29, 1.82) is 0 Å². The third-order valence-electron chi connectivity index (χ3n) is 3.25. The fourth-order valence-electron chi connectivity index (χ4n) is 2.12. The van der Waals surface area contributed by atoms with Gasteiger partial charge >= 0.3 is 0 Å². The van der Waals surface area contributed by atoms with Crippen molar-refractivity contribution in [2.45, 2.75) is 6.92 Å². The van der Waals surface area contributed by atoms with Crippen LogP contribution in [-0.4, -0.2) is 22.5 Å². The number of benzene rings is 2. The average molecular weight is 359 g/mol. The maximum Gasteiger partial charge on any atom is 0.221 e. The number of halogens is 1. The molecule has 0 unspecified atom stereocenters. The molecule has 3 rings (SSSR count). The molecule has 2 aromatic carbocycles. The first-order chi connectivity index (χ1) is 11.6. The maximum absolute atomic E-state index is 11.0. The van der Waals surface area contributed by atoms with Crippen LogP contribution in [0.2, 0.25) is 5.02 Å². The summed E-state index contributed by atoms with van der Waals surface area (Å²) in [4.78, 5) is 15.5. The summed E-state index contributed by atoms with van der Waals surface area (Å²) in [6, 6.07) is 15.0. The molecule has 2 aromatic rings. The van der Waals surface area contributed by atoms with Gasteiger partial charge in [-0.3, -0.25) is 10.2 Å². The number of para-hydroxylation sites is 1. The molecule has 0 spiro atoms. The summed E-state index contributed by atoms with van der Waals surface area (Å²) < 4.78 is 0. The maximum atomic E-state index is 11.0. The highest BCUT2D eigenvalue weighted by molar-refractivity contribution is 8.14. The first kappa shape index (κ1) is 16.5. The zero-order valence-corrected chi connectivity index (χ0v) is 14.5. The van der Waals surface area contributed by atoms with E-state index >= 15 is 0 Å². The lowest BCUT2D eigenvalue weighted by Crippen LogP contribution is -2.25. The van der Waals surface area contributed by atoms with Crippen molar-refractivity contribution in [2.24, 2.45) is 10.1 Å². The summed E-state index contributed by atoms with van der Waals surface area (Å²) in [6.07, 6.45) is 0. The molecule has 0 aliphatic carbocycles. The quantitative estimate of drug-likeness (QED) is 0.870. The third kappa shape index (κ3) is 4.15. The largest absolute Gasteiger partial charge is 0.326 e. The number of amides is 1. The molecule has 5 nitrogen and oxygen atoms in total. The Hall–Kier alpha value is -2.31. The zero-order chi connectivity index (χ0) is 16.9. The van der Waals surface area contributed by atoms with Crippen molar-refractivity contribution in [3.63, 3.8) is 0 Å². The summed E-state index contributed by atoms with van der Waals surface area (Å²) >= 11 is 7.67. The Labute approximate surface area is 149 Å². The Balaban J connectivity index is 1.71. The molecule has 122 valence electrons. The van der Waals surface area contributed by atoms with Crippen LogP contribution in [0, 0.1) is 0 Å². The molecule has 7 heteroatoms. The minimum absolute atomic E-state index is 0.0876. The molecule has 0 saturated heterocycles. The number of thioether (sulfide) groups is 1. The molecule has 1 aliphatic rings. The molecule has 0 radical (unpaired) electrons. The minimum Gasteiger partial charge on any atom is -0.326 e. The number of anilines is 1. The van der Waals surface area contributed by atoms with E-state index in [0.29, 0.717) is 21.6 Å². The predicted molar refractivity (Wildman–Crippen MR) is 101 cm³/mol. The van der Waals surface area contributed by atoms with E-state index in [4.69, 9.17) is 11.6 Å². The van der Waals surface area contributed by atoms with Crippen LogP contribution in [0.15, 0.2) is 58.6 Å². The number of hydrazone groups is 1. The lowest BCUT2D eigenvalue weighted by atomic mass is 10.1. The van der Waals surface area contributed by atoms with Gasteiger partial charge in [0.25, 0.3) is 0 Å². The van der Waals surface area contributed by atoms with Crippen LogP contribution < -0.4 is 10.7 Å². The highest BCUT2D eigenvalue weighted by atomic mass is 35.5. The number of aliphatic imine (C=N–C) groups is 1. The SMILES string of the molecule is CC(=O)Nc1ccc(C2=NNC(=Nc3ccccc3Cl)SC2)cc1. The third-order valence-corrected chi connectivity index (χ3v) is 4.44. The van der Waals surface area contributed by atoms with Crippen molar-refractivity contribution < 1.29 is 4.79 Å². The van der Waals surface area contributed by atoms with Crippen molar-refractivity contribution in [2.75, 3.05) is 11.1 Å². The number of amidine groups is 1. The predicted octanol–water partition coefficient (Wildman–Crippen LogP) is 4.03. The molecule has 2 N–H and O–H groups in total. The van der Waals surface area contributed by atoms with Crippen LogP contribution in [0.4, 0.5) is 11.4 Å². The molecule has 1 amide bonds. The van der Waals surface area contributed by atoms with Crippen LogP contribution >= 0.6 is 23.4 Å². The van der Waals surface area contributed by atoms with Crippen LogP contribution in [0.1, 0.15) is 12.5 Å². The topological polar surface area (TPSA) is 65.8 Å². The summed E-state index contributed by atoms with van der Waals surface area (Å²) in [5.74, 6) is 0.617. The van der Waals surface area contributed by atoms with Gasteiger partial charge in [-0.25, -0.2) is 4.99 Å². The van der Waals surface area contributed by atoms with Crippen molar-refractivity contribution in [3.05, 3.63) is 59.1 Å². The van der Waals surface area contributed by atoms with Gasteiger partial charge in [-0.2, -0.15) is 5.10 Å². The highest BCUT2D eigenvalue weighted by Gasteiger charge is 2.13. The first-order valence-corrected chi connectivity index (χ1v) is 8.65. The Bertz CT molecular complexity index is 818. The van der Waals surface area contributed by atoms with Crippen molar-refractivity contribution in [3.8, 4) is 0 Å². The van der Waals surface area contributed by atoms with Crippen molar-refractivity contribution >= 4 is 51.5 Å². The Kier molecular flexibility index (Phi) is 5.17. The number of nitrogens with zero attached hydrogens (tertiary/aromatic N) is 2. The molecule has 0 atom stereocenters. The van der Waals surface area contributed by atoms with Gasteiger partial charge in [-0.1, -0.05) is 47.6 Å². The molecular weight excluding hydrogens is 344 g/mol. The van der Waals surface area contributed by atoms with Gasteiger partial charge in [0.05, 0.1) is 16.4 Å². The number of nitrogens with one attached hydrogen (secondary N) is 2. The van der Waals surface area contributed by atoms with E-state index in [1.807, 2.05) is 42.5 Å². The van der Waals surface area contributed by atoms with Crippen LogP contribution in [-0.2, 0) is 4.79 Å². The van der Waals surface area contributed by atoms with Crippen LogP contribution in [0.5, 0.6) is 0 Å². The summed E-state index contributed by atoms with van der Waals surface area (Å²) in [6.45, 7) is 1.49. The van der Waals surface area contributed by atoms with Gasteiger partial charge in [0.15, 0.2) is 5.17 Å². The van der Waals surface area contributed by atoms with Crippen LogP contribution in [0.25, 0.3) is 0 Å². The zero-order valence-electron chi connectivity index (χ0n) is 12.9. The normalized spacial score (nSPS) is 15.6. The lowest BCUT2D eigenvalue weighted by Gasteiger charge is -2.15. The molecule has 0 aromatic heterocycles. The van der Waals surface area contributed by atoms with Gasteiger partial charge in [-0.05, 0) is 29.8 Å². The minimum atomic E-state index is -0.0876. The molecule has 0 fully saturated rings. The second-order valence-corrected chi connectivity index (χ2v) is 6.46. The standard InChI is InChI=1S/C17H15ClN4OS/c1-11(23)19-13-8-6-12(7-9-13)16-10-24-17(22-21-16)20-15-5-3-2-4-14(15)18/h2-9H,10H2,1H3,(H,19,23)(H,20,22). The van der Waals surface area contributed by atoms with E-state index in [0.717, 1.165) is 17.0 Å². The second kappa shape index (κ2) is 7.51. The lowest BCUT2D eigenvalue weighted by molar-refractivity contribution is -0.114. The molecule has 0 bridgehead atoms. The Morgan fingerprint density at radius 2 is 2.00 bits per heavy atom. The average Bonchev–Trinajstić information content (AvgIpc) is 2.58. The molecule has 24 heavy (non-hydrogen) atoms. The van der Waals surface area contributed by atoms with E-state index in [9.17, 15) is 4.79 Å². The number of carbonyl (C=O) groups is 1. The number of carbonyl (C=O) groups excluding carboxylic acids is 1. The summed E-state index contributed by atoms with van der Waals surface area (Å²) in [5.41, 5.74) is 6.37. The smallest absolute Gasteiger partial charge is 0.221 e. The molecular formula is C17H15ClN4OS. The summed E-state index contributed by atoms with van der Waals surface area (Å²) in [5, 5.41) is 8.44.